The predicted molar refractivity (Wildman–Crippen MR) is 101 cm³/mol. The molecule has 3 aromatic rings. The van der Waals surface area contributed by atoms with Crippen LogP contribution in [0.15, 0.2) is 60.9 Å². The van der Waals surface area contributed by atoms with Crippen LogP contribution in [0.5, 0.6) is 0 Å². The first-order valence-electron chi connectivity index (χ1n) is 8.11. The van der Waals surface area contributed by atoms with Crippen molar-refractivity contribution in [2.24, 2.45) is 0 Å². The van der Waals surface area contributed by atoms with Crippen LogP contribution < -0.4 is 5.32 Å². The van der Waals surface area contributed by atoms with Crippen molar-refractivity contribution >= 4 is 33.8 Å². The highest BCUT2D eigenvalue weighted by atomic mass is 32.1. The minimum atomic E-state index is 0.546. The summed E-state index contributed by atoms with van der Waals surface area (Å²) in [6.07, 6.45) is 4.68. The predicted octanol–water partition coefficient (Wildman–Crippen LogP) is 3.82. The van der Waals surface area contributed by atoms with Gasteiger partial charge in [-0.3, -0.25) is 0 Å². The number of likely N-dealkylation sites (tertiary alicyclic amines) is 1. The van der Waals surface area contributed by atoms with Crippen LogP contribution in [0.4, 0.5) is 5.69 Å². The summed E-state index contributed by atoms with van der Waals surface area (Å²) in [5, 5.41) is 14.2. The first kappa shape index (κ1) is 15.0. The lowest BCUT2D eigenvalue weighted by Crippen LogP contribution is -2.32. The molecule has 0 radical (unpaired) electrons. The van der Waals surface area contributed by atoms with Gasteiger partial charge in [0.15, 0.2) is 5.11 Å². The van der Waals surface area contributed by atoms with Gasteiger partial charge in [0.25, 0.3) is 0 Å². The summed E-state index contributed by atoms with van der Waals surface area (Å²) in [6, 6.07) is 16.7. The number of nitrogens with one attached hydrogen (secondary N) is 1. The standard InChI is InChI=1S/C19H18N4S/c24-19(22-18-8-4-7-15-11-20-21-12-17(15)18)23-10-9-16(13-23)14-5-2-1-3-6-14/h1-8,11-12,16H,9-10,13H2,(H,22,24)/t16-/m1/s1. The van der Waals surface area contributed by atoms with Crippen LogP contribution in [0.25, 0.3) is 10.8 Å². The maximum atomic E-state index is 5.64. The Balaban J connectivity index is 1.49. The van der Waals surface area contributed by atoms with Gasteiger partial charge in [-0.1, -0.05) is 42.5 Å². The number of hydrogen-bond acceptors (Lipinski definition) is 3. The van der Waals surface area contributed by atoms with Gasteiger partial charge in [0.1, 0.15) is 0 Å². The van der Waals surface area contributed by atoms with Gasteiger partial charge in [-0.25, -0.2) is 0 Å². The average molecular weight is 334 g/mol. The lowest BCUT2D eigenvalue weighted by molar-refractivity contribution is 0.519. The van der Waals surface area contributed by atoms with Crippen molar-refractivity contribution in [3.05, 3.63) is 66.5 Å². The maximum absolute atomic E-state index is 5.64. The molecule has 0 bridgehead atoms. The fourth-order valence-corrected chi connectivity index (χ4v) is 3.55. The zero-order valence-electron chi connectivity index (χ0n) is 13.2. The fraction of sp³-hybridized carbons (Fsp3) is 0.211. The summed E-state index contributed by atoms with van der Waals surface area (Å²) in [5.74, 6) is 0.546. The van der Waals surface area contributed by atoms with Crippen molar-refractivity contribution in [2.75, 3.05) is 18.4 Å². The number of rotatable bonds is 2. The molecule has 1 atom stereocenters. The SMILES string of the molecule is S=C(Nc1cccc2cnncc12)N1CC[C@@H](c2ccccc2)C1. The molecule has 2 aromatic carbocycles. The van der Waals surface area contributed by atoms with Crippen molar-refractivity contribution < 1.29 is 0 Å². The topological polar surface area (TPSA) is 41.1 Å². The highest BCUT2D eigenvalue weighted by molar-refractivity contribution is 7.80. The highest BCUT2D eigenvalue weighted by Gasteiger charge is 2.25. The van der Waals surface area contributed by atoms with Crippen molar-refractivity contribution in [2.45, 2.75) is 12.3 Å². The Morgan fingerprint density at radius 2 is 1.88 bits per heavy atom. The number of thiocarbonyl (C=S) groups is 1. The van der Waals surface area contributed by atoms with E-state index >= 15 is 0 Å². The highest BCUT2D eigenvalue weighted by Crippen LogP contribution is 2.28. The number of fused-ring (bicyclic) bond motifs is 1. The first-order chi connectivity index (χ1) is 11.8. The van der Waals surface area contributed by atoms with E-state index in [0.717, 1.165) is 41.1 Å². The molecule has 1 aromatic heterocycles. The molecule has 1 N–H and O–H groups in total. The smallest absolute Gasteiger partial charge is 0.173 e. The third kappa shape index (κ3) is 2.95. The molecule has 0 saturated carbocycles. The quantitative estimate of drug-likeness (QED) is 0.722. The Labute approximate surface area is 146 Å². The molecule has 1 saturated heterocycles. The Hall–Kier alpha value is -2.53. The molecule has 120 valence electrons. The number of nitrogens with zero attached hydrogens (tertiary/aromatic N) is 3. The van der Waals surface area contributed by atoms with E-state index in [1.807, 2.05) is 18.2 Å². The second-order valence-corrected chi connectivity index (χ2v) is 6.46. The van der Waals surface area contributed by atoms with Crippen molar-refractivity contribution in [1.29, 1.82) is 0 Å². The van der Waals surface area contributed by atoms with Crippen LogP contribution in [0, 0.1) is 0 Å². The van der Waals surface area contributed by atoms with E-state index in [9.17, 15) is 0 Å². The van der Waals surface area contributed by atoms with Crippen LogP contribution in [-0.4, -0.2) is 33.3 Å². The molecule has 0 spiro atoms. The largest absolute Gasteiger partial charge is 0.348 e. The second-order valence-electron chi connectivity index (χ2n) is 6.07. The normalized spacial score (nSPS) is 17.2. The zero-order valence-corrected chi connectivity index (χ0v) is 14.0. The summed E-state index contributed by atoms with van der Waals surface area (Å²) < 4.78 is 0. The lowest BCUT2D eigenvalue weighted by atomic mass is 9.99. The monoisotopic (exact) mass is 334 g/mol. The molecule has 24 heavy (non-hydrogen) atoms. The van der Waals surface area contributed by atoms with Gasteiger partial charge in [0.2, 0.25) is 0 Å². The Kier molecular flexibility index (Phi) is 4.09. The molecule has 2 heterocycles. The third-order valence-corrected chi connectivity index (χ3v) is 4.94. The molecule has 0 aliphatic carbocycles. The van der Waals surface area contributed by atoms with E-state index < -0.39 is 0 Å². The van der Waals surface area contributed by atoms with Crippen molar-refractivity contribution in [3.8, 4) is 0 Å². The van der Waals surface area contributed by atoms with E-state index in [-0.39, 0.29) is 0 Å². The first-order valence-corrected chi connectivity index (χ1v) is 8.52. The molecular weight excluding hydrogens is 316 g/mol. The molecule has 4 rings (SSSR count). The van der Waals surface area contributed by atoms with Gasteiger partial charge in [-0.05, 0) is 30.3 Å². The van der Waals surface area contributed by atoms with Crippen LogP contribution in [0.1, 0.15) is 17.9 Å². The van der Waals surface area contributed by atoms with Gasteiger partial charge in [0.05, 0.1) is 12.4 Å². The van der Waals surface area contributed by atoms with Crippen molar-refractivity contribution in [1.82, 2.24) is 15.1 Å². The summed E-state index contributed by atoms with van der Waals surface area (Å²) in [7, 11) is 0. The number of benzene rings is 2. The van der Waals surface area contributed by atoms with Gasteiger partial charge in [0, 0.05) is 35.5 Å². The van der Waals surface area contributed by atoms with Gasteiger partial charge >= 0.3 is 0 Å². The Morgan fingerprint density at radius 3 is 2.75 bits per heavy atom. The number of hydrogen-bond donors (Lipinski definition) is 1. The minimum absolute atomic E-state index is 0.546. The number of aromatic nitrogens is 2. The summed E-state index contributed by atoms with van der Waals surface area (Å²) in [5.41, 5.74) is 2.37. The van der Waals surface area contributed by atoms with E-state index in [0.29, 0.717) is 5.92 Å². The van der Waals surface area contributed by atoms with E-state index in [1.54, 1.807) is 12.4 Å². The van der Waals surface area contributed by atoms with Crippen LogP contribution >= 0.6 is 12.2 Å². The van der Waals surface area contributed by atoms with E-state index in [1.165, 1.54) is 5.56 Å². The Bertz CT molecular complexity index is 860. The molecule has 5 heteroatoms. The van der Waals surface area contributed by atoms with E-state index in [4.69, 9.17) is 12.2 Å². The molecule has 4 nitrogen and oxygen atoms in total. The number of anilines is 1. The summed E-state index contributed by atoms with van der Waals surface area (Å²) in [6.45, 7) is 1.94. The van der Waals surface area contributed by atoms with Gasteiger partial charge < -0.3 is 10.2 Å². The van der Waals surface area contributed by atoms with Crippen LogP contribution in [0.2, 0.25) is 0 Å². The molecule has 1 aliphatic rings. The average Bonchev–Trinajstić information content (AvgIpc) is 3.13. The summed E-state index contributed by atoms with van der Waals surface area (Å²) >= 11 is 5.64. The second kappa shape index (κ2) is 6.53. The minimum Gasteiger partial charge on any atom is -0.348 e. The van der Waals surface area contributed by atoms with Gasteiger partial charge in [-0.15, -0.1) is 0 Å². The third-order valence-electron chi connectivity index (χ3n) is 4.58. The molecule has 0 unspecified atom stereocenters. The molecule has 1 fully saturated rings. The lowest BCUT2D eigenvalue weighted by Gasteiger charge is -2.21. The molecule has 1 aliphatic heterocycles. The van der Waals surface area contributed by atoms with Crippen molar-refractivity contribution in [3.63, 3.8) is 0 Å². The molecule has 0 amide bonds. The van der Waals surface area contributed by atoms with Crippen LogP contribution in [-0.2, 0) is 0 Å². The maximum Gasteiger partial charge on any atom is 0.173 e. The Morgan fingerprint density at radius 1 is 1.04 bits per heavy atom. The molecular formula is C19H18N4S. The van der Waals surface area contributed by atoms with Gasteiger partial charge in [-0.2, -0.15) is 10.2 Å². The fourth-order valence-electron chi connectivity index (χ4n) is 3.27. The van der Waals surface area contributed by atoms with E-state index in [2.05, 4.69) is 50.7 Å². The van der Waals surface area contributed by atoms with Crippen LogP contribution in [0.3, 0.4) is 0 Å². The summed E-state index contributed by atoms with van der Waals surface area (Å²) in [4.78, 5) is 2.25. The zero-order chi connectivity index (χ0) is 16.4.